The van der Waals surface area contributed by atoms with E-state index in [0.29, 0.717) is 11.3 Å². The van der Waals surface area contributed by atoms with Crippen molar-refractivity contribution in [3.05, 3.63) is 72.8 Å². The fourth-order valence-corrected chi connectivity index (χ4v) is 2.10. The Labute approximate surface area is 128 Å². The lowest BCUT2D eigenvalue weighted by molar-refractivity contribution is 0.102. The van der Waals surface area contributed by atoms with E-state index in [4.69, 9.17) is 4.74 Å². The minimum absolute atomic E-state index is 0.172. The third kappa shape index (κ3) is 2.98. The first-order valence-electron chi connectivity index (χ1n) is 6.80. The van der Waals surface area contributed by atoms with E-state index in [2.05, 4.69) is 10.3 Å². The minimum atomic E-state index is -0.172. The molecule has 0 unspecified atom stereocenters. The van der Waals surface area contributed by atoms with E-state index in [1.807, 2.05) is 35.0 Å². The normalized spacial score (nSPS) is 10.2. The van der Waals surface area contributed by atoms with Crippen LogP contribution >= 0.6 is 0 Å². The number of carbonyl (C=O) groups excluding carboxylic acids is 1. The molecule has 110 valence electrons. The largest absolute Gasteiger partial charge is 0.497 e. The van der Waals surface area contributed by atoms with Crippen LogP contribution in [0.25, 0.3) is 5.69 Å². The number of nitrogens with zero attached hydrogens (tertiary/aromatic N) is 2. The molecule has 2 aromatic carbocycles. The van der Waals surface area contributed by atoms with Crippen molar-refractivity contribution in [2.24, 2.45) is 0 Å². The van der Waals surface area contributed by atoms with Crippen LogP contribution in [0.4, 0.5) is 5.69 Å². The summed E-state index contributed by atoms with van der Waals surface area (Å²) in [5, 5.41) is 2.86. The van der Waals surface area contributed by atoms with Crippen molar-refractivity contribution in [1.29, 1.82) is 0 Å². The SMILES string of the molecule is COc1cccc(C(=O)Nc2ccc(-n3ccnc3)cc2)c1. The Balaban J connectivity index is 1.74. The van der Waals surface area contributed by atoms with Crippen LogP contribution < -0.4 is 10.1 Å². The van der Waals surface area contributed by atoms with E-state index in [1.54, 1.807) is 43.9 Å². The van der Waals surface area contributed by atoms with Crippen molar-refractivity contribution in [2.75, 3.05) is 12.4 Å². The Kier molecular flexibility index (Phi) is 3.87. The first kappa shape index (κ1) is 13.9. The van der Waals surface area contributed by atoms with Crippen LogP contribution in [0.15, 0.2) is 67.3 Å². The molecule has 5 nitrogen and oxygen atoms in total. The molecular formula is C17H15N3O2. The lowest BCUT2D eigenvalue weighted by Gasteiger charge is -2.08. The number of hydrogen-bond donors (Lipinski definition) is 1. The fourth-order valence-electron chi connectivity index (χ4n) is 2.10. The summed E-state index contributed by atoms with van der Waals surface area (Å²) in [4.78, 5) is 16.2. The number of imidazole rings is 1. The molecule has 0 aliphatic carbocycles. The number of benzene rings is 2. The van der Waals surface area contributed by atoms with Gasteiger partial charge in [0, 0.05) is 29.3 Å². The molecular weight excluding hydrogens is 278 g/mol. The van der Waals surface area contributed by atoms with Gasteiger partial charge in [0.1, 0.15) is 5.75 Å². The number of aromatic nitrogens is 2. The highest BCUT2D eigenvalue weighted by Gasteiger charge is 2.07. The third-order valence-electron chi connectivity index (χ3n) is 3.26. The van der Waals surface area contributed by atoms with Crippen LogP contribution in [0.5, 0.6) is 5.75 Å². The second-order valence-corrected chi connectivity index (χ2v) is 4.70. The first-order chi connectivity index (χ1) is 10.8. The Morgan fingerprint density at radius 1 is 1.18 bits per heavy atom. The predicted octanol–water partition coefficient (Wildman–Crippen LogP) is 3.13. The first-order valence-corrected chi connectivity index (χ1v) is 6.80. The van der Waals surface area contributed by atoms with E-state index < -0.39 is 0 Å². The van der Waals surface area contributed by atoms with Crippen molar-refractivity contribution in [3.63, 3.8) is 0 Å². The molecule has 0 saturated heterocycles. The second-order valence-electron chi connectivity index (χ2n) is 4.70. The van der Waals surface area contributed by atoms with Crippen LogP contribution in [0, 0.1) is 0 Å². The molecule has 0 bridgehead atoms. The number of carbonyl (C=O) groups is 1. The van der Waals surface area contributed by atoms with Gasteiger partial charge in [0.25, 0.3) is 5.91 Å². The molecule has 0 atom stereocenters. The molecule has 3 rings (SSSR count). The molecule has 0 radical (unpaired) electrons. The molecule has 1 amide bonds. The molecule has 0 aliphatic heterocycles. The molecule has 22 heavy (non-hydrogen) atoms. The van der Waals surface area contributed by atoms with Gasteiger partial charge in [0.05, 0.1) is 13.4 Å². The van der Waals surface area contributed by atoms with Gasteiger partial charge in [-0.1, -0.05) is 6.07 Å². The Hall–Kier alpha value is -3.08. The zero-order chi connectivity index (χ0) is 15.4. The Bertz CT molecular complexity index is 765. The molecule has 0 aliphatic rings. The molecule has 3 aromatic rings. The summed E-state index contributed by atoms with van der Waals surface area (Å²) < 4.78 is 7.02. The van der Waals surface area contributed by atoms with Gasteiger partial charge in [-0.15, -0.1) is 0 Å². The lowest BCUT2D eigenvalue weighted by Crippen LogP contribution is -2.11. The molecule has 0 saturated carbocycles. The number of hydrogen-bond acceptors (Lipinski definition) is 3. The van der Waals surface area contributed by atoms with Crippen LogP contribution in [-0.4, -0.2) is 22.6 Å². The maximum absolute atomic E-state index is 12.2. The van der Waals surface area contributed by atoms with Crippen molar-refractivity contribution < 1.29 is 9.53 Å². The van der Waals surface area contributed by atoms with E-state index in [-0.39, 0.29) is 5.91 Å². The van der Waals surface area contributed by atoms with E-state index in [0.717, 1.165) is 11.4 Å². The number of anilines is 1. The van der Waals surface area contributed by atoms with E-state index in [1.165, 1.54) is 0 Å². The fraction of sp³-hybridized carbons (Fsp3) is 0.0588. The van der Waals surface area contributed by atoms with Gasteiger partial charge in [0.2, 0.25) is 0 Å². The molecule has 5 heteroatoms. The summed E-state index contributed by atoms with van der Waals surface area (Å²) in [6.45, 7) is 0. The quantitative estimate of drug-likeness (QED) is 0.804. The van der Waals surface area contributed by atoms with Crippen LogP contribution in [0.2, 0.25) is 0 Å². The maximum Gasteiger partial charge on any atom is 0.255 e. The van der Waals surface area contributed by atoms with Gasteiger partial charge in [-0.25, -0.2) is 4.98 Å². The lowest BCUT2D eigenvalue weighted by atomic mass is 10.2. The summed E-state index contributed by atoms with van der Waals surface area (Å²) in [7, 11) is 1.58. The Morgan fingerprint density at radius 3 is 2.68 bits per heavy atom. The number of ether oxygens (including phenoxy) is 1. The minimum Gasteiger partial charge on any atom is -0.497 e. The zero-order valence-corrected chi connectivity index (χ0v) is 12.1. The summed E-state index contributed by atoms with van der Waals surface area (Å²) in [6.07, 6.45) is 5.31. The molecule has 0 spiro atoms. The smallest absolute Gasteiger partial charge is 0.255 e. The highest BCUT2D eigenvalue weighted by atomic mass is 16.5. The van der Waals surface area contributed by atoms with E-state index in [9.17, 15) is 4.79 Å². The summed E-state index contributed by atoms with van der Waals surface area (Å²) >= 11 is 0. The van der Waals surface area contributed by atoms with Crippen LogP contribution in [0.1, 0.15) is 10.4 Å². The number of amides is 1. The second kappa shape index (κ2) is 6.13. The predicted molar refractivity (Wildman–Crippen MR) is 84.5 cm³/mol. The van der Waals surface area contributed by atoms with Crippen molar-refractivity contribution in [2.45, 2.75) is 0 Å². The molecule has 0 fully saturated rings. The average molecular weight is 293 g/mol. The van der Waals surface area contributed by atoms with E-state index >= 15 is 0 Å². The van der Waals surface area contributed by atoms with Crippen molar-refractivity contribution in [3.8, 4) is 11.4 Å². The van der Waals surface area contributed by atoms with Crippen molar-refractivity contribution >= 4 is 11.6 Å². The standard InChI is InChI=1S/C17H15N3O2/c1-22-16-4-2-3-13(11-16)17(21)19-14-5-7-15(8-6-14)20-10-9-18-12-20/h2-12H,1H3,(H,19,21). The highest BCUT2D eigenvalue weighted by molar-refractivity contribution is 6.04. The summed E-state index contributed by atoms with van der Waals surface area (Å²) in [5.74, 6) is 0.484. The zero-order valence-electron chi connectivity index (χ0n) is 12.1. The Morgan fingerprint density at radius 2 is 2.00 bits per heavy atom. The van der Waals surface area contributed by atoms with Gasteiger partial charge in [-0.3, -0.25) is 4.79 Å². The average Bonchev–Trinajstić information content (AvgIpc) is 3.10. The van der Waals surface area contributed by atoms with Gasteiger partial charge in [-0.05, 0) is 42.5 Å². The summed E-state index contributed by atoms with van der Waals surface area (Å²) in [6, 6.07) is 14.6. The van der Waals surface area contributed by atoms with Gasteiger partial charge in [-0.2, -0.15) is 0 Å². The van der Waals surface area contributed by atoms with Crippen LogP contribution in [0.3, 0.4) is 0 Å². The number of nitrogens with one attached hydrogen (secondary N) is 1. The third-order valence-corrected chi connectivity index (χ3v) is 3.26. The number of rotatable bonds is 4. The summed E-state index contributed by atoms with van der Waals surface area (Å²) in [5.41, 5.74) is 2.27. The molecule has 1 aromatic heterocycles. The van der Waals surface area contributed by atoms with Crippen molar-refractivity contribution in [1.82, 2.24) is 9.55 Å². The van der Waals surface area contributed by atoms with Gasteiger partial charge < -0.3 is 14.6 Å². The molecule has 1 N–H and O–H groups in total. The van der Waals surface area contributed by atoms with Gasteiger partial charge in [0.15, 0.2) is 0 Å². The molecule has 1 heterocycles. The topological polar surface area (TPSA) is 56.1 Å². The highest BCUT2D eigenvalue weighted by Crippen LogP contribution is 2.16. The van der Waals surface area contributed by atoms with Crippen LogP contribution in [-0.2, 0) is 0 Å². The van der Waals surface area contributed by atoms with Gasteiger partial charge >= 0.3 is 0 Å². The monoisotopic (exact) mass is 293 g/mol. The number of methoxy groups -OCH3 is 1. The maximum atomic E-state index is 12.2.